The minimum Gasteiger partial charge on any atom is -0.465 e. The molecular weight excluding hydrogens is 244 g/mol. The summed E-state index contributed by atoms with van der Waals surface area (Å²) in [7, 11) is 1.35. The minimum atomic E-state index is -0.380. The summed E-state index contributed by atoms with van der Waals surface area (Å²) in [6.45, 7) is 2.24. The highest BCUT2D eigenvalue weighted by atomic mass is 16.5. The van der Waals surface area contributed by atoms with Gasteiger partial charge in [0.1, 0.15) is 5.69 Å². The molecule has 1 aromatic carbocycles. The molecule has 1 aromatic heterocycles. The number of ether oxygens (including phenoxy) is 1. The van der Waals surface area contributed by atoms with E-state index in [0.717, 1.165) is 17.4 Å². The molecule has 0 amide bonds. The molecule has 1 heterocycles. The van der Waals surface area contributed by atoms with Gasteiger partial charge < -0.3 is 4.74 Å². The molecule has 0 spiro atoms. The molecule has 98 valence electrons. The molecule has 0 saturated carbocycles. The second-order valence-corrected chi connectivity index (χ2v) is 4.16. The Hall–Kier alpha value is -2.43. The highest BCUT2D eigenvalue weighted by Gasteiger charge is 2.12. The predicted molar refractivity (Wildman–Crippen MR) is 69.2 cm³/mol. The van der Waals surface area contributed by atoms with E-state index in [1.54, 1.807) is 23.0 Å². The van der Waals surface area contributed by atoms with Gasteiger partial charge in [0.2, 0.25) is 0 Å². The zero-order valence-corrected chi connectivity index (χ0v) is 10.8. The van der Waals surface area contributed by atoms with Crippen molar-refractivity contribution in [3.63, 3.8) is 0 Å². The van der Waals surface area contributed by atoms with Crippen LogP contribution >= 0.6 is 0 Å². The van der Waals surface area contributed by atoms with E-state index in [4.69, 9.17) is 4.74 Å². The van der Waals surface area contributed by atoms with E-state index in [1.165, 1.54) is 7.11 Å². The van der Waals surface area contributed by atoms with Crippen molar-refractivity contribution in [1.82, 2.24) is 9.78 Å². The topological polar surface area (TPSA) is 61.2 Å². The van der Waals surface area contributed by atoms with Crippen molar-refractivity contribution in [3.05, 3.63) is 52.8 Å². The van der Waals surface area contributed by atoms with E-state index in [1.807, 2.05) is 19.1 Å². The summed E-state index contributed by atoms with van der Waals surface area (Å²) in [5, 5.41) is 4.15. The lowest BCUT2D eigenvalue weighted by Crippen LogP contribution is -2.09. The van der Waals surface area contributed by atoms with Gasteiger partial charge in [-0.25, -0.2) is 4.79 Å². The van der Waals surface area contributed by atoms with Crippen LogP contribution in [0.4, 0.5) is 0 Å². The summed E-state index contributed by atoms with van der Waals surface area (Å²) in [5.41, 5.74) is 2.53. The second-order valence-electron chi connectivity index (χ2n) is 4.16. The van der Waals surface area contributed by atoms with E-state index in [9.17, 15) is 9.59 Å². The Labute approximate surface area is 110 Å². The van der Waals surface area contributed by atoms with Crippen molar-refractivity contribution in [3.8, 4) is 0 Å². The Morgan fingerprint density at radius 2 is 2.16 bits per heavy atom. The predicted octanol–water partition coefficient (Wildman–Crippen LogP) is 1.84. The first-order chi connectivity index (χ1) is 9.15. The van der Waals surface area contributed by atoms with Crippen molar-refractivity contribution in [1.29, 1.82) is 0 Å². The number of hydrogen-bond acceptors (Lipinski definition) is 4. The van der Waals surface area contributed by atoms with Crippen molar-refractivity contribution in [2.75, 3.05) is 7.11 Å². The maximum absolute atomic E-state index is 11.6. The van der Waals surface area contributed by atoms with E-state index in [2.05, 4.69) is 5.10 Å². The van der Waals surface area contributed by atoms with Crippen LogP contribution in [-0.2, 0) is 11.3 Å². The first kappa shape index (κ1) is 13.0. The molecule has 2 aromatic rings. The fourth-order valence-corrected chi connectivity index (χ4v) is 1.88. The molecule has 2 rings (SSSR count). The van der Waals surface area contributed by atoms with Gasteiger partial charge in [0.05, 0.1) is 19.2 Å². The zero-order chi connectivity index (χ0) is 13.8. The van der Waals surface area contributed by atoms with Gasteiger partial charge in [0, 0.05) is 6.20 Å². The Kier molecular flexibility index (Phi) is 3.75. The first-order valence-electron chi connectivity index (χ1n) is 5.81. The van der Waals surface area contributed by atoms with E-state index in [-0.39, 0.29) is 5.97 Å². The van der Waals surface area contributed by atoms with Crippen LogP contribution in [0.3, 0.4) is 0 Å². The molecule has 5 nitrogen and oxygen atoms in total. The fourth-order valence-electron chi connectivity index (χ4n) is 1.88. The van der Waals surface area contributed by atoms with Gasteiger partial charge >= 0.3 is 5.97 Å². The lowest BCUT2D eigenvalue weighted by Gasteiger charge is -2.07. The number of benzene rings is 1. The summed E-state index contributed by atoms with van der Waals surface area (Å²) in [4.78, 5) is 22.4. The average molecular weight is 258 g/mol. The lowest BCUT2D eigenvalue weighted by molar-refractivity contribution is 0.0599. The smallest absolute Gasteiger partial charge is 0.338 e. The molecule has 0 bridgehead atoms. The monoisotopic (exact) mass is 258 g/mol. The maximum Gasteiger partial charge on any atom is 0.338 e. The molecular formula is C14H14N2O3. The van der Waals surface area contributed by atoms with Gasteiger partial charge in [-0.05, 0) is 24.1 Å². The Morgan fingerprint density at radius 3 is 2.79 bits per heavy atom. The average Bonchev–Trinajstić information content (AvgIpc) is 2.78. The van der Waals surface area contributed by atoms with Crippen LogP contribution in [0.2, 0.25) is 0 Å². The Morgan fingerprint density at radius 1 is 1.42 bits per heavy atom. The van der Waals surface area contributed by atoms with Crippen LogP contribution in [-0.4, -0.2) is 29.1 Å². The Balaban J connectivity index is 2.32. The first-order valence-corrected chi connectivity index (χ1v) is 5.81. The fraction of sp³-hybridized carbons (Fsp3) is 0.214. The van der Waals surface area contributed by atoms with Crippen LogP contribution in [0, 0.1) is 6.92 Å². The molecule has 0 radical (unpaired) electrons. The molecule has 19 heavy (non-hydrogen) atoms. The number of carbonyl (C=O) groups excluding carboxylic acids is 2. The van der Waals surface area contributed by atoms with Gasteiger partial charge in [0.15, 0.2) is 6.29 Å². The quantitative estimate of drug-likeness (QED) is 0.620. The number of nitrogens with zero attached hydrogens (tertiary/aromatic N) is 2. The number of carbonyl (C=O) groups is 2. The number of esters is 1. The van der Waals surface area contributed by atoms with Gasteiger partial charge in [-0.15, -0.1) is 0 Å². The van der Waals surface area contributed by atoms with Gasteiger partial charge in [-0.3, -0.25) is 9.48 Å². The normalized spacial score (nSPS) is 10.2. The summed E-state index contributed by atoms with van der Waals surface area (Å²) >= 11 is 0. The summed E-state index contributed by atoms with van der Waals surface area (Å²) < 4.78 is 6.38. The van der Waals surface area contributed by atoms with Crippen LogP contribution in [0.1, 0.15) is 32.0 Å². The standard InChI is InChI=1S/C14H14N2O3/c1-10-7-16(15-13(10)9-17)8-11-5-3-4-6-12(11)14(18)19-2/h3-7,9H,8H2,1-2H3. The van der Waals surface area contributed by atoms with Crippen LogP contribution in [0.15, 0.2) is 30.5 Å². The third-order valence-corrected chi connectivity index (χ3v) is 2.85. The second kappa shape index (κ2) is 5.48. The van der Waals surface area contributed by atoms with E-state index >= 15 is 0 Å². The van der Waals surface area contributed by atoms with Gasteiger partial charge in [-0.2, -0.15) is 5.10 Å². The number of rotatable bonds is 4. The number of hydrogen-bond donors (Lipinski definition) is 0. The van der Waals surface area contributed by atoms with Crippen molar-refractivity contribution < 1.29 is 14.3 Å². The van der Waals surface area contributed by atoms with Crippen molar-refractivity contribution in [2.45, 2.75) is 13.5 Å². The molecule has 0 aliphatic carbocycles. The molecule has 5 heteroatoms. The highest BCUT2D eigenvalue weighted by molar-refractivity contribution is 5.90. The molecule has 0 fully saturated rings. The van der Waals surface area contributed by atoms with Gasteiger partial charge in [0.25, 0.3) is 0 Å². The van der Waals surface area contributed by atoms with Crippen LogP contribution in [0.25, 0.3) is 0 Å². The summed E-state index contributed by atoms with van der Waals surface area (Å²) in [5.74, 6) is -0.380. The molecule has 0 atom stereocenters. The highest BCUT2D eigenvalue weighted by Crippen LogP contribution is 2.13. The summed E-state index contributed by atoms with van der Waals surface area (Å²) in [6, 6.07) is 7.17. The largest absolute Gasteiger partial charge is 0.465 e. The molecule has 0 aliphatic rings. The zero-order valence-electron chi connectivity index (χ0n) is 10.8. The lowest BCUT2D eigenvalue weighted by atomic mass is 10.1. The number of aryl methyl sites for hydroxylation is 1. The Bertz CT molecular complexity index is 617. The van der Waals surface area contributed by atoms with Crippen molar-refractivity contribution >= 4 is 12.3 Å². The molecule has 0 aliphatic heterocycles. The molecule has 0 saturated heterocycles. The number of aldehydes is 1. The molecule has 0 N–H and O–H groups in total. The minimum absolute atomic E-state index is 0.380. The third kappa shape index (κ3) is 2.70. The van der Waals surface area contributed by atoms with Crippen LogP contribution < -0.4 is 0 Å². The number of aromatic nitrogens is 2. The summed E-state index contributed by atoms with van der Waals surface area (Å²) in [6.07, 6.45) is 2.50. The van der Waals surface area contributed by atoms with Gasteiger partial charge in [-0.1, -0.05) is 18.2 Å². The van der Waals surface area contributed by atoms with Crippen LogP contribution in [0.5, 0.6) is 0 Å². The van der Waals surface area contributed by atoms with E-state index < -0.39 is 0 Å². The van der Waals surface area contributed by atoms with E-state index in [0.29, 0.717) is 17.8 Å². The third-order valence-electron chi connectivity index (χ3n) is 2.85. The molecule has 0 unspecified atom stereocenters. The number of methoxy groups -OCH3 is 1. The maximum atomic E-state index is 11.6. The SMILES string of the molecule is COC(=O)c1ccccc1Cn1cc(C)c(C=O)n1. The van der Waals surface area contributed by atoms with Crippen molar-refractivity contribution in [2.24, 2.45) is 0 Å².